The number of piperazine rings is 1. The molecule has 0 spiro atoms. The minimum atomic E-state index is -3.36. The minimum Gasteiger partial charge on any atom is -0.390 e. The largest absolute Gasteiger partial charge is 0.390 e. The van der Waals surface area contributed by atoms with Crippen molar-refractivity contribution in [3.63, 3.8) is 0 Å². The van der Waals surface area contributed by atoms with E-state index in [1.807, 2.05) is 11.8 Å². The highest BCUT2D eigenvalue weighted by Crippen LogP contribution is 2.22. The van der Waals surface area contributed by atoms with Gasteiger partial charge in [0.05, 0.1) is 35.5 Å². The van der Waals surface area contributed by atoms with Gasteiger partial charge < -0.3 is 14.7 Å². The summed E-state index contributed by atoms with van der Waals surface area (Å²) < 4.78 is 46.2. The molecule has 33 heavy (non-hydrogen) atoms. The molecule has 182 valence electrons. The first-order valence-corrected chi connectivity index (χ1v) is 12.5. The van der Waals surface area contributed by atoms with Crippen LogP contribution in [-0.4, -0.2) is 78.4 Å². The summed E-state index contributed by atoms with van der Waals surface area (Å²) in [6, 6.07) is 5.41. The molecule has 1 aromatic heterocycles. The lowest BCUT2D eigenvalue weighted by atomic mass is 10.1. The summed E-state index contributed by atoms with van der Waals surface area (Å²) in [5.41, 5.74) is 0.880. The minimum absolute atomic E-state index is 0.0440. The number of ether oxygens (including phenoxy) is 1. The van der Waals surface area contributed by atoms with Gasteiger partial charge in [0, 0.05) is 44.8 Å². The highest BCUT2D eigenvalue weighted by atomic mass is 32.2. The van der Waals surface area contributed by atoms with Crippen LogP contribution in [-0.2, 0) is 21.2 Å². The number of hydrogen-bond donors (Lipinski definition) is 1. The van der Waals surface area contributed by atoms with Crippen molar-refractivity contribution >= 4 is 15.7 Å². The van der Waals surface area contributed by atoms with Crippen molar-refractivity contribution in [1.29, 1.82) is 0 Å². The van der Waals surface area contributed by atoms with Crippen LogP contribution in [0.3, 0.4) is 0 Å². The normalized spacial score (nSPS) is 16.4. The van der Waals surface area contributed by atoms with E-state index in [4.69, 9.17) is 4.74 Å². The Morgan fingerprint density at radius 1 is 1.15 bits per heavy atom. The fraction of sp³-hybridized carbons (Fsp3) is 0.545. The lowest BCUT2D eigenvalue weighted by Crippen LogP contribution is -2.51. The Bertz CT molecular complexity index is 1100. The molecule has 0 radical (unpaired) electrons. The van der Waals surface area contributed by atoms with Gasteiger partial charge in [-0.05, 0) is 45.0 Å². The summed E-state index contributed by atoms with van der Waals surface area (Å²) in [4.78, 5) is 15.3. The zero-order valence-corrected chi connectivity index (χ0v) is 20.0. The lowest BCUT2D eigenvalue weighted by Gasteiger charge is -2.36. The van der Waals surface area contributed by atoms with Crippen molar-refractivity contribution in [1.82, 2.24) is 14.1 Å². The fourth-order valence-electron chi connectivity index (χ4n) is 3.74. The topological polar surface area (TPSA) is 105 Å². The molecule has 0 amide bonds. The summed E-state index contributed by atoms with van der Waals surface area (Å²) in [5, 5.41) is 14.2. The van der Waals surface area contributed by atoms with Gasteiger partial charge in [-0.25, -0.2) is 12.8 Å². The Balaban J connectivity index is 1.93. The maximum absolute atomic E-state index is 13.4. The second kappa shape index (κ2) is 10.7. The molecule has 1 atom stereocenters. The molecule has 1 saturated heterocycles. The summed E-state index contributed by atoms with van der Waals surface area (Å²) >= 11 is 0. The van der Waals surface area contributed by atoms with Crippen LogP contribution < -0.4 is 10.5 Å². The van der Waals surface area contributed by atoms with E-state index in [1.54, 1.807) is 20.0 Å². The number of aliphatic hydroxyl groups is 1. The Hall–Kier alpha value is -2.34. The van der Waals surface area contributed by atoms with E-state index in [9.17, 15) is 22.7 Å². The zero-order valence-electron chi connectivity index (χ0n) is 19.1. The predicted molar refractivity (Wildman–Crippen MR) is 124 cm³/mol. The van der Waals surface area contributed by atoms with Crippen LogP contribution in [0.15, 0.2) is 35.3 Å². The molecule has 1 aromatic carbocycles. The number of benzene rings is 1. The Morgan fingerprint density at radius 3 is 2.36 bits per heavy atom. The Kier molecular flexibility index (Phi) is 8.22. The zero-order chi connectivity index (χ0) is 24.2. The summed E-state index contributed by atoms with van der Waals surface area (Å²) in [6.07, 6.45) is 0.686. The van der Waals surface area contributed by atoms with E-state index in [-0.39, 0.29) is 13.0 Å². The van der Waals surface area contributed by atoms with Crippen molar-refractivity contribution in [3.8, 4) is 5.69 Å². The van der Waals surface area contributed by atoms with Crippen molar-refractivity contribution in [2.24, 2.45) is 0 Å². The van der Waals surface area contributed by atoms with Gasteiger partial charge >= 0.3 is 0 Å². The highest BCUT2D eigenvalue weighted by molar-refractivity contribution is 7.89. The van der Waals surface area contributed by atoms with Crippen LogP contribution in [0.1, 0.15) is 26.3 Å². The molecule has 0 aliphatic carbocycles. The molecule has 0 saturated carbocycles. The molecule has 2 aromatic rings. The number of halogens is 1. The first kappa shape index (κ1) is 25.3. The second-order valence-corrected chi connectivity index (χ2v) is 10.7. The standard InChI is InChI=1S/C22H31FN4O5S/c1-4-32-15-19(28)13-20-21(25-9-11-26(12-10-25)33(30,31)16(2)3)14-24-27(22(20)29)18-7-5-17(23)6-8-18/h5-8,14,16,19,28H,4,9-13,15H2,1-3H3/t19-/m0/s1. The highest BCUT2D eigenvalue weighted by Gasteiger charge is 2.31. The van der Waals surface area contributed by atoms with E-state index in [0.717, 1.165) is 0 Å². The average molecular weight is 483 g/mol. The van der Waals surface area contributed by atoms with Gasteiger partial charge in [0.15, 0.2) is 0 Å². The lowest BCUT2D eigenvalue weighted by molar-refractivity contribution is 0.0428. The smallest absolute Gasteiger partial charge is 0.276 e. The molecule has 3 rings (SSSR count). The molecule has 11 heteroatoms. The number of anilines is 1. The number of aromatic nitrogens is 2. The van der Waals surface area contributed by atoms with E-state index in [0.29, 0.717) is 49.7 Å². The number of nitrogens with zero attached hydrogens (tertiary/aromatic N) is 4. The first-order valence-electron chi connectivity index (χ1n) is 11.0. The predicted octanol–water partition coefficient (Wildman–Crippen LogP) is 1.17. The van der Waals surface area contributed by atoms with Crippen molar-refractivity contribution in [2.75, 3.05) is 44.3 Å². The third kappa shape index (κ3) is 5.78. The van der Waals surface area contributed by atoms with Gasteiger partial charge in [-0.3, -0.25) is 4.79 Å². The third-order valence-electron chi connectivity index (χ3n) is 5.62. The van der Waals surface area contributed by atoms with E-state index >= 15 is 0 Å². The molecule has 1 fully saturated rings. The molecule has 0 bridgehead atoms. The van der Waals surface area contributed by atoms with Crippen LogP contribution >= 0.6 is 0 Å². The van der Waals surface area contributed by atoms with Crippen LogP contribution in [0.2, 0.25) is 0 Å². The first-order chi connectivity index (χ1) is 15.6. The second-order valence-electron chi connectivity index (χ2n) is 8.20. The molecule has 1 aliphatic heterocycles. The van der Waals surface area contributed by atoms with Gasteiger partial charge in [-0.1, -0.05) is 0 Å². The van der Waals surface area contributed by atoms with Crippen LogP contribution in [0.4, 0.5) is 10.1 Å². The van der Waals surface area contributed by atoms with Crippen molar-refractivity contribution in [2.45, 2.75) is 38.5 Å². The van der Waals surface area contributed by atoms with Gasteiger partial charge in [0.25, 0.3) is 5.56 Å². The van der Waals surface area contributed by atoms with E-state index < -0.39 is 32.8 Å². The summed E-state index contributed by atoms with van der Waals surface area (Å²) in [7, 11) is -3.36. The summed E-state index contributed by atoms with van der Waals surface area (Å²) in [5.74, 6) is -0.426. The molecule has 1 aliphatic rings. The van der Waals surface area contributed by atoms with Crippen molar-refractivity contribution in [3.05, 3.63) is 52.2 Å². The van der Waals surface area contributed by atoms with Gasteiger partial charge in [-0.2, -0.15) is 14.1 Å². The Morgan fingerprint density at radius 2 is 1.79 bits per heavy atom. The molecular formula is C22H31FN4O5S. The maximum Gasteiger partial charge on any atom is 0.276 e. The number of rotatable bonds is 9. The quantitative estimate of drug-likeness (QED) is 0.572. The molecule has 0 unspecified atom stereocenters. The molecule has 2 heterocycles. The maximum atomic E-state index is 13.4. The van der Waals surface area contributed by atoms with Gasteiger partial charge in [0.1, 0.15) is 5.82 Å². The SMILES string of the molecule is CCOC[C@@H](O)Cc1c(N2CCN(S(=O)(=O)C(C)C)CC2)cnn(-c2ccc(F)cc2)c1=O. The van der Waals surface area contributed by atoms with E-state index in [1.165, 1.54) is 33.3 Å². The molecule has 9 nitrogen and oxygen atoms in total. The summed E-state index contributed by atoms with van der Waals surface area (Å²) in [6.45, 7) is 7.00. The van der Waals surface area contributed by atoms with Gasteiger partial charge in [-0.15, -0.1) is 0 Å². The van der Waals surface area contributed by atoms with Gasteiger partial charge in [0.2, 0.25) is 10.0 Å². The monoisotopic (exact) mass is 482 g/mol. The van der Waals surface area contributed by atoms with Crippen LogP contribution in [0, 0.1) is 5.82 Å². The number of hydrogen-bond acceptors (Lipinski definition) is 7. The number of aliphatic hydroxyl groups excluding tert-OH is 1. The average Bonchev–Trinajstić information content (AvgIpc) is 2.79. The van der Waals surface area contributed by atoms with Crippen molar-refractivity contribution < 1.29 is 22.7 Å². The number of sulfonamides is 1. The third-order valence-corrected chi connectivity index (χ3v) is 7.89. The molecular weight excluding hydrogens is 451 g/mol. The van der Waals surface area contributed by atoms with Crippen LogP contribution in [0.5, 0.6) is 0 Å². The Labute approximate surface area is 193 Å². The van der Waals surface area contributed by atoms with E-state index in [2.05, 4.69) is 5.10 Å². The fourth-order valence-corrected chi connectivity index (χ4v) is 5.01. The molecule has 1 N–H and O–H groups in total. The van der Waals surface area contributed by atoms with Crippen LogP contribution in [0.25, 0.3) is 5.69 Å².